The Hall–Kier alpha value is -1.19. The maximum atomic E-state index is 13.5. The first kappa shape index (κ1) is 17.9. The van der Waals surface area contributed by atoms with Crippen LogP contribution in [0.5, 0.6) is 0 Å². The first-order chi connectivity index (χ1) is 9.31. The molecule has 0 aliphatic rings. The van der Waals surface area contributed by atoms with Crippen molar-refractivity contribution in [2.24, 2.45) is 0 Å². The molecular formula is C12H14BF5O3. The average molecular weight is 312 g/mol. The first-order valence-electron chi connectivity index (χ1n) is 5.91. The fourth-order valence-corrected chi connectivity index (χ4v) is 1.32. The molecule has 0 spiro atoms. The molecule has 0 saturated heterocycles. The molecule has 2 N–H and O–H groups in total. The first-order valence-corrected chi connectivity index (χ1v) is 5.91. The van der Waals surface area contributed by atoms with E-state index in [-0.39, 0.29) is 0 Å². The third-order valence-corrected chi connectivity index (χ3v) is 3.37. The number of aliphatic hydroxyl groups is 1. The van der Waals surface area contributed by atoms with Gasteiger partial charge < -0.3 is 14.8 Å². The lowest BCUT2D eigenvalue weighted by Gasteiger charge is -2.38. The Labute approximate surface area is 118 Å². The molecule has 0 fully saturated rings. The van der Waals surface area contributed by atoms with Crippen molar-refractivity contribution >= 4 is 12.6 Å². The van der Waals surface area contributed by atoms with Gasteiger partial charge in [0.25, 0.3) is 0 Å². The lowest BCUT2D eigenvalue weighted by molar-refractivity contribution is -0.0984. The van der Waals surface area contributed by atoms with Crippen molar-refractivity contribution in [2.75, 3.05) is 0 Å². The van der Waals surface area contributed by atoms with Gasteiger partial charge in [-0.3, -0.25) is 0 Å². The summed E-state index contributed by atoms with van der Waals surface area (Å²) in [6, 6.07) is 0. The van der Waals surface area contributed by atoms with Crippen LogP contribution in [0.15, 0.2) is 0 Å². The quantitative estimate of drug-likeness (QED) is 0.385. The van der Waals surface area contributed by atoms with E-state index in [0.717, 1.165) is 0 Å². The third-order valence-electron chi connectivity index (χ3n) is 3.37. The monoisotopic (exact) mass is 312 g/mol. The minimum atomic E-state index is -2.45. The van der Waals surface area contributed by atoms with Crippen molar-refractivity contribution in [1.29, 1.82) is 0 Å². The van der Waals surface area contributed by atoms with Gasteiger partial charge in [0.05, 0.1) is 16.7 Å². The highest BCUT2D eigenvalue weighted by atomic mass is 19.2. The molecule has 0 aliphatic heterocycles. The number of benzene rings is 1. The molecule has 0 saturated carbocycles. The van der Waals surface area contributed by atoms with Gasteiger partial charge in [-0.2, -0.15) is 0 Å². The molecule has 0 aromatic heterocycles. The summed E-state index contributed by atoms with van der Waals surface area (Å²) in [7, 11) is -2.45. The van der Waals surface area contributed by atoms with Gasteiger partial charge in [-0.15, -0.1) is 0 Å². The zero-order valence-electron chi connectivity index (χ0n) is 11.8. The van der Waals surface area contributed by atoms with Gasteiger partial charge in [-0.05, 0) is 27.7 Å². The minimum Gasteiger partial charge on any atom is -0.423 e. The topological polar surface area (TPSA) is 49.7 Å². The van der Waals surface area contributed by atoms with E-state index in [1.807, 2.05) is 0 Å². The molecule has 0 amide bonds. The summed E-state index contributed by atoms with van der Waals surface area (Å²) in [6.45, 7) is 5.14. The highest BCUT2D eigenvalue weighted by Gasteiger charge is 2.42. The lowest BCUT2D eigenvalue weighted by Crippen LogP contribution is -2.54. The second-order valence-corrected chi connectivity index (χ2v) is 5.52. The Morgan fingerprint density at radius 2 is 1.14 bits per heavy atom. The molecule has 0 radical (unpaired) electrons. The van der Waals surface area contributed by atoms with Gasteiger partial charge in [0.15, 0.2) is 29.1 Å². The zero-order chi connectivity index (χ0) is 16.7. The summed E-state index contributed by atoms with van der Waals surface area (Å²) in [4.78, 5) is 0. The van der Waals surface area contributed by atoms with E-state index in [4.69, 9.17) is 4.65 Å². The molecular weight excluding hydrogens is 298 g/mol. The largest absolute Gasteiger partial charge is 0.497 e. The van der Waals surface area contributed by atoms with Crippen molar-refractivity contribution in [3.8, 4) is 0 Å². The van der Waals surface area contributed by atoms with Crippen LogP contribution in [0.3, 0.4) is 0 Å². The van der Waals surface area contributed by atoms with Crippen LogP contribution in [0.4, 0.5) is 22.0 Å². The molecule has 1 rings (SSSR count). The third kappa shape index (κ3) is 3.19. The Morgan fingerprint density at radius 1 is 0.810 bits per heavy atom. The highest BCUT2D eigenvalue weighted by Crippen LogP contribution is 2.26. The molecule has 3 nitrogen and oxygen atoms in total. The summed E-state index contributed by atoms with van der Waals surface area (Å²) in [5.41, 5.74) is -4.60. The van der Waals surface area contributed by atoms with Crippen LogP contribution in [-0.2, 0) is 4.65 Å². The maximum absolute atomic E-state index is 13.5. The van der Waals surface area contributed by atoms with Crippen LogP contribution in [0.1, 0.15) is 27.7 Å². The molecule has 0 atom stereocenters. The summed E-state index contributed by atoms with van der Waals surface area (Å²) in [6.07, 6.45) is 0. The minimum absolute atomic E-state index is 1.28. The summed E-state index contributed by atoms with van der Waals surface area (Å²) >= 11 is 0. The molecule has 0 unspecified atom stereocenters. The van der Waals surface area contributed by atoms with Gasteiger partial charge in [0.2, 0.25) is 0 Å². The lowest BCUT2D eigenvalue weighted by atomic mass is 9.75. The van der Waals surface area contributed by atoms with Crippen molar-refractivity contribution in [1.82, 2.24) is 0 Å². The van der Waals surface area contributed by atoms with E-state index in [2.05, 4.69) is 0 Å². The van der Waals surface area contributed by atoms with E-state index in [1.165, 1.54) is 27.7 Å². The Morgan fingerprint density at radius 3 is 1.48 bits per heavy atom. The Bertz CT molecular complexity index is 528. The predicted octanol–water partition coefficient (Wildman–Crippen LogP) is 1.64. The van der Waals surface area contributed by atoms with Crippen LogP contribution < -0.4 is 5.46 Å². The van der Waals surface area contributed by atoms with Gasteiger partial charge >= 0.3 is 7.12 Å². The van der Waals surface area contributed by atoms with E-state index in [0.29, 0.717) is 0 Å². The number of hydrogen-bond donors (Lipinski definition) is 2. The fraction of sp³-hybridized carbons (Fsp3) is 0.500. The van der Waals surface area contributed by atoms with E-state index in [1.54, 1.807) is 0 Å². The van der Waals surface area contributed by atoms with Crippen LogP contribution in [0.25, 0.3) is 0 Å². The predicted molar refractivity (Wildman–Crippen MR) is 65.3 cm³/mol. The van der Waals surface area contributed by atoms with Crippen molar-refractivity contribution in [2.45, 2.75) is 38.9 Å². The summed E-state index contributed by atoms with van der Waals surface area (Å²) in [5.74, 6) is -11.1. The van der Waals surface area contributed by atoms with Crippen LogP contribution >= 0.6 is 0 Å². The zero-order valence-corrected chi connectivity index (χ0v) is 11.8. The van der Waals surface area contributed by atoms with Crippen LogP contribution in [0, 0.1) is 29.1 Å². The van der Waals surface area contributed by atoms with E-state index < -0.39 is 52.9 Å². The molecule has 1 aromatic carbocycles. The maximum Gasteiger partial charge on any atom is 0.497 e. The second-order valence-electron chi connectivity index (χ2n) is 5.52. The van der Waals surface area contributed by atoms with Crippen LogP contribution in [-0.4, -0.2) is 28.5 Å². The summed E-state index contributed by atoms with van der Waals surface area (Å²) in [5, 5.41) is 19.5. The second kappa shape index (κ2) is 5.55. The Kier molecular flexibility index (Phi) is 4.72. The molecule has 21 heavy (non-hydrogen) atoms. The van der Waals surface area contributed by atoms with Gasteiger partial charge in [0, 0.05) is 0 Å². The van der Waals surface area contributed by atoms with E-state index >= 15 is 0 Å². The SMILES string of the molecule is CC(C)(O)C(C)(C)OB(O)c1c(F)c(F)c(F)c(F)c1F. The number of halogens is 5. The van der Waals surface area contributed by atoms with Crippen molar-refractivity contribution in [3.05, 3.63) is 29.1 Å². The standard InChI is InChI=1S/C12H14BF5O3/c1-11(2,19)12(3,4)21-13(20)5-6(14)8(16)10(18)9(17)7(5)15/h19-20H,1-4H3. The normalized spacial score (nSPS) is 12.7. The summed E-state index contributed by atoms with van der Waals surface area (Å²) < 4.78 is 70.9. The van der Waals surface area contributed by atoms with Gasteiger partial charge in [-0.25, -0.2) is 22.0 Å². The van der Waals surface area contributed by atoms with Crippen LogP contribution in [0.2, 0.25) is 0 Å². The van der Waals surface area contributed by atoms with Crippen molar-refractivity contribution < 1.29 is 36.7 Å². The molecule has 0 bridgehead atoms. The van der Waals surface area contributed by atoms with Gasteiger partial charge in [-0.1, -0.05) is 0 Å². The molecule has 0 heterocycles. The van der Waals surface area contributed by atoms with Gasteiger partial charge in [0.1, 0.15) is 0 Å². The Balaban J connectivity index is 3.30. The van der Waals surface area contributed by atoms with E-state index in [9.17, 15) is 32.1 Å². The highest BCUT2D eigenvalue weighted by molar-refractivity contribution is 6.60. The fourth-order valence-electron chi connectivity index (χ4n) is 1.32. The molecule has 9 heteroatoms. The molecule has 0 aliphatic carbocycles. The smallest absolute Gasteiger partial charge is 0.423 e. The molecule has 1 aromatic rings. The number of rotatable bonds is 4. The number of hydrogen-bond acceptors (Lipinski definition) is 3. The molecule has 118 valence electrons. The van der Waals surface area contributed by atoms with Crippen molar-refractivity contribution in [3.63, 3.8) is 0 Å². The average Bonchev–Trinajstić information content (AvgIpc) is 2.32.